The molecule has 0 saturated carbocycles. The molecule has 6 nitrogen and oxygen atoms in total. The zero-order chi connectivity index (χ0) is 21.8. The van der Waals surface area contributed by atoms with Crippen molar-refractivity contribution in [3.63, 3.8) is 0 Å². The summed E-state index contributed by atoms with van der Waals surface area (Å²) in [5.74, 6) is -0.479. The topological polar surface area (TPSA) is 77.0 Å². The summed E-state index contributed by atoms with van der Waals surface area (Å²) >= 11 is 17.0. The van der Waals surface area contributed by atoms with Crippen molar-refractivity contribution in [2.75, 3.05) is 13.7 Å². The van der Waals surface area contributed by atoms with Crippen molar-refractivity contribution >= 4 is 79.7 Å². The molecule has 1 fully saturated rings. The first-order chi connectivity index (χ1) is 14.3. The fourth-order valence-corrected chi connectivity index (χ4v) is 4.44. The maximum atomic E-state index is 12.4. The van der Waals surface area contributed by atoms with Crippen LogP contribution in [0.2, 0.25) is 10.0 Å². The third-order valence-electron chi connectivity index (χ3n) is 3.99. The molecule has 0 radical (unpaired) electrons. The molecule has 30 heavy (non-hydrogen) atoms. The van der Waals surface area contributed by atoms with Crippen LogP contribution in [0, 0.1) is 6.92 Å². The predicted molar refractivity (Wildman–Crippen MR) is 124 cm³/mol. The number of thioether (sulfide) groups is 1. The number of hydrogen-bond acceptors (Lipinski definition) is 6. The first-order valence-corrected chi connectivity index (χ1v) is 10.9. The normalized spacial score (nSPS) is 16.1. The van der Waals surface area contributed by atoms with Crippen LogP contribution in [0.4, 0.5) is 5.69 Å². The van der Waals surface area contributed by atoms with Crippen molar-refractivity contribution < 1.29 is 19.1 Å². The molecule has 2 aromatic rings. The molecule has 0 aromatic heterocycles. The number of ether oxygens (including phenoxy) is 2. The Labute approximate surface area is 195 Å². The lowest BCUT2D eigenvalue weighted by Crippen LogP contribution is -2.19. The van der Waals surface area contributed by atoms with Crippen LogP contribution in [-0.4, -0.2) is 30.8 Å². The number of esters is 1. The Morgan fingerprint density at radius 2 is 2.07 bits per heavy atom. The Morgan fingerprint density at radius 1 is 1.30 bits per heavy atom. The van der Waals surface area contributed by atoms with Crippen LogP contribution in [0.3, 0.4) is 0 Å². The van der Waals surface area contributed by atoms with Gasteiger partial charge in [0, 0.05) is 5.02 Å². The van der Waals surface area contributed by atoms with Crippen LogP contribution in [0.25, 0.3) is 6.08 Å². The molecular weight excluding hydrogens is 515 g/mol. The second-order valence-corrected chi connectivity index (χ2v) is 8.74. The summed E-state index contributed by atoms with van der Waals surface area (Å²) in [7, 11) is 1.27. The van der Waals surface area contributed by atoms with Gasteiger partial charge in [-0.05, 0) is 76.1 Å². The van der Waals surface area contributed by atoms with Gasteiger partial charge >= 0.3 is 5.97 Å². The number of rotatable bonds is 5. The van der Waals surface area contributed by atoms with Gasteiger partial charge in [-0.1, -0.05) is 29.3 Å². The highest BCUT2D eigenvalue weighted by Gasteiger charge is 2.24. The molecular formula is C20H15BrCl2N2O4S. The zero-order valence-electron chi connectivity index (χ0n) is 15.8. The number of methoxy groups -OCH3 is 1. The molecule has 2 aromatic carbocycles. The molecule has 1 heterocycles. The minimum atomic E-state index is -0.523. The molecule has 1 aliphatic rings. The maximum Gasteiger partial charge on any atom is 0.343 e. The van der Waals surface area contributed by atoms with Crippen LogP contribution in [0.15, 0.2) is 44.7 Å². The predicted octanol–water partition coefficient (Wildman–Crippen LogP) is 5.51. The van der Waals surface area contributed by atoms with Crippen molar-refractivity contribution in [1.29, 1.82) is 0 Å². The standard InChI is InChI=1S/C20H15BrCl2N2O4S/c1-10-13(22)4-3-5-15(10)24-20-25-19(27)16(30-20)8-11-6-12(21)18(14(23)7-11)29-9-17(26)28-2/h3-8H,9H2,1-2H3,(H,24,25,27)/b16-8+. The van der Waals surface area contributed by atoms with E-state index in [0.29, 0.717) is 36.6 Å². The van der Waals surface area contributed by atoms with E-state index in [1.807, 2.05) is 13.0 Å². The number of aliphatic imine (C=N–C) groups is 1. The monoisotopic (exact) mass is 528 g/mol. The van der Waals surface area contributed by atoms with E-state index >= 15 is 0 Å². The van der Waals surface area contributed by atoms with E-state index in [0.717, 1.165) is 5.56 Å². The lowest BCUT2D eigenvalue weighted by atomic mass is 10.2. The van der Waals surface area contributed by atoms with Gasteiger partial charge in [0.05, 0.1) is 27.2 Å². The number of carbonyl (C=O) groups is 2. The minimum Gasteiger partial charge on any atom is -0.479 e. The van der Waals surface area contributed by atoms with Gasteiger partial charge in [-0.15, -0.1) is 0 Å². The molecule has 10 heteroatoms. The first-order valence-electron chi connectivity index (χ1n) is 8.52. The van der Waals surface area contributed by atoms with Gasteiger partial charge in [-0.25, -0.2) is 9.79 Å². The third kappa shape index (κ3) is 5.37. The first kappa shape index (κ1) is 22.7. The summed E-state index contributed by atoms with van der Waals surface area (Å²) in [5.41, 5.74) is 2.19. The number of benzene rings is 2. The highest BCUT2D eigenvalue weighted by Crippen LogP contribution is 2.37. The van der Waals surface area contributed by atoms with Crippen LogP contribution in [0.1, 0.15) is 11.1 Å². The summed E-state index contributed by atoms with van der Waals surface area (Å²) in [4.78, 5) is 28.6. The molecule has 1 N–H and O–H groups in total. The van der Waals surface area contributed by atoms with Gasteiger partial charge in [0.2, 0.25) is 0 Å². The number of amidine groups is 1. The molecule has 1 aliphatic heterocycles. The Balaban J connectivity index is 1.81. The molecule has 156 valence electrons. The Bertz CT molecular complexity index is 1070. The summed E-state index contributed by atoms with van der Waals surface area (Å²) in [6, 6.07) is 8.78. The zero-order valence-corrected chi connectivity index (χ0v) is 19.7. The van der Waals surface area contributed by atoms with Crippen molar-refractivity contribution in [1.82, 2.24) is 5.32 Å². The summed E-state index contributed by atoms with van der Waals surface area (Å²) < 4.78 is 10.5. The molecule has 0 aliphatic carbocycles. The van der Waals surface area contributed by atoms with Crippen LogP contribution >= 0.6 is 50.9 Å². The van der Waals surface area contributed by atoms with E-state index in [1.54, 1.807) is 30.3 Å². The average molecular weight is 530 g/mol. The van der Waals surface area contributed by atoms with E-state index in [-0.39, 0.29) is 17.5 Å². The fraction of sp³-hybridized carbons (Fsp3) is 0.150. The van der Waals surface area contributed by atoms with Crippen LogP contribution in [-0.2, 0) is 14.3 Å². The molecule has 1 saturated heterocycles. The van der Waals surface area contributed by atoms with E-state index < -0.39 is 5.97 Å². The number of hydrogen-bond donors (Lipinski definition) is 1. The van der Waals surface area contributed by atoms with Gasteiger partial charge < -0.3 is 14.8 Å². The lowest BCUT2D eigenvalue weighted by Gasteiger charge is -2.10. The molecule has 0 unspecified atom stereocenters. The van der Waals surface area contributed by atoms with Gasteiger partial charge in [0.15, 0.2) is 17.5 Å². The number of nitrogens with zero attached hydrogens (tertiary/aromatic N) is 1. The second-order valence-electron chi connectivity index (χ2n) is 6.04. The SMILES string of the molecule is COC(=O)COc1c(Cl)cc(/C=C2/SC(=Nc3cccc(Cl)c3C)NC2=O)cc1Br. The molecule has 0 atom stereocenters. The van der Waals surface area contributed by atoms with Gasteiger partial charge in [-0.2, -0.15) is 0 Å². The van der Waals surface area contributed by atoms with Crippen molar-refractivity contribution in [3.8, 4) is 5.75 Å². The largest absolute Gasteiger partial charge is 0.479 e. The van der Waals surface area contributed by atoms with E-state index in [9.17, 15) is 9.59 Å². The Morgan fingerprint density at radius 3 is 2.77 bits per heavy atom. The third-order valence-corrected chi connectivity index (χ3v) is 6.18. The highest BCUT2D eigenvalue weighted by atomic mass is 79.9. The van der Waals surface area contributed by atoms with Crippen molar-refractivity contribution in [2.24, 2.45) is 4.99 Å². The number of amides is 1. The highest BCUT2D eigenvalue weighted by molar-refractivity contribution is 9.10. The number of nitrogens with one attached hydrogen (secondary N) is 1. The summed E-state index contributed by atoms with van der Waals surface area (Å²) in [6.45, 7) is 1.60. The molecule has 0 bridgehead atoms. The van der Waals surface area contributed by atoms with Crippen molar-refractivity contribution in [3.05, 3.63) is 60.9 Å². The lowest BCUT2D eigenvalue weighted by molar-refractivity contribution is -0.142. The molecule has 0 spiro atoms. The Hall–Kier alpha value is -2.00. The maximum absolute atomic E-state index is 12.4. The van der Waals surface area contributed by atoms with Gasteiger partial charge in [0.1, 0.15) is 0 Å². The second kappa shape index (κ2) is 9.87. The summed E-state index contributed by atoms with van der Waals surface area (Å²) in [5, 5.41) is 4.09. The van der Waals surface area contributed by atoms with Crippen molar-refractivity contribution in [2.45, 2.75) is 6.92 Å². The van der Waals surface area contributed by atoms with E-state index in [1.165, 1.54) is 18.9 Å². The molecule has 3 rings (SSSR count). The molecule has 1 amide bonds. The average Bonchev–Trinajstić information content (AvgIpc) is 3.03. The number of halogens is 3. The fourth-order valence-electron chi connectivity index (χ4n) is 2.45. The van der Waals surface area contributed by atoms with Crippen LogP contribution < -0.4 is 10.1 Å². The van der Waals surface area contributed by atoms with Gasteiger partial charge in [0.25, 0.3) is 5.91 Å². The quantitative estimate of drug-likeness (QED) is 0.408. The van der Waals surface area contributed by atoms with Crippen LogP contribution in [0.5, 0.6) is 5.75 Å². The minimum absolute atomic E-state index is 0.267. The van der Waals surface area contributed by atoms with Gasteiger partial charge in [-0.3, -0.25) is 4.79 Å². The van der Waals surface area contributed by atoms with E-state index in [4.69, 9.17) is 27.9 Å². The smallest absolute Gasteiger partial charge is 0.343 e. The Kier molecular flexibility index (Phi) is 7.46. The van der Waals surface area contributed by atoms with E-state index in [2.05, 4.69) is 31.0 Å². The number of carbonyl (C=O) groups excluding carboxylic acids is 2. The summed E-state index contributed by atoms with van der Waals surface area (Å²) in [6.07, 6.45) is 1.69.